The summed E-state index contributed by atoms with van der Waals surface area (Å²) in [6, 6.07) is 3.69. The highest BCUT2D eigenvalue weighted by molar-refractivity contribution is 6.03. The molecule has 1 aliphatic rings. The Balaban J connectivity index is 2.22. The number of rotatable bonds is 2. The summed E-state index contributed by atoms with van der Waals surface area (Å²) in [6.45, 7) is 7.70. The van der Waals surface area contributed by atoms with Crippen LogP contribution in [-0.4, -0.2) is 35.2 Å². The van der Waals surface area contributed by atoms with E-state index >= 15 is 0 Å². The zero-order valence-electron chi connectivity index (χ0n) is 12.9. The topological polar surface area (TPSA) is 62.4 Å². The van der Waals surface area contributed by atoms with Gasteiger partial charge in [0.1, 0.15) is 5.75 Å². The van der Waals surface area contributed by atoms with E-state index < -0.39 is 0 Å². The highest BCUT2D eigenvalue weighted by Crippen LogP contribution is 2.36. The van der Waals surface area contributed by atoms with Gasteiger partial charge in [-0.15, -0.1) is 0 Å². The number of Topliss-reactive ketones (excluding diaryl/α,β-unsaturated/α-hetero) is 1. The molecule has 114 valence electrons. The Bertz CT molecular complexity index is 817. The average Bonchev–Trinajstić information content (AvgIpc) is 2.84. The van der Waals surface area contributed by atoms with Gasteiger partial charge in [-0.25, -0.2) is 0 Å². The van der Waals surface area contributed by atoms with Crippen molar-refractivity contribution in [2.24, 2.45) is 0 Å². The minimum Gasteiger partial charge on any atom is -0.496 e. The molecule has 0 saturated carbocycles. The number of fused-ring (bicyclic) bond motifs is 3. The van der Waals surface area contributed by atoms with Crippen LogP contribution in [0.5, 0.6) is 5.75 Å². The van der Waals surface area contributed by atoms with Crippen LogP contribution in [0.2, 0.25) is 0 Å². The van der Waals surface area contributed by atoms with Gasteiger partial charge < -0.3 is 14.6 Å². The maximum atomic E-state index is 11.8. The zero-order valence-corrected chi connectivity index (χ0v) is 12.9. The molecule has 1 N–H and O–H groups in total. The van der Waals surface area contributed by atoms with E-state index in [4.69, 9.17) is 4.74 Å². The van der Waals surface area contributed by atoms with Crippen LogP contribution in [0, 0.1) is 0 Å². The first kappa shape index (κ1) is 14.4. The second-order valence-corrected chi connectivity index (χ2v) is 5.50. The fraction of sp³-hybridized carbons (Fsp3) is 0.294. The first-order valence-electron chi connectivity index (χ1n) is 7.15. The van der Waals surface area contributed by atoms with Gasteiger partial charge in [-0.05, 0) is 31.0 Å². The summed E-state index contributed by atoms with van der Waals surface area (Å²) >= 11 is 0. The zero-order chi connectivity index (χ0) is 16.0. The maximum absolute atomic E-state index is 11.8. The Morgan fingerprint density at radius 3 is 2.64 bits per heavy atom. The van der Waals surface area contributed by atoms with Crippen LogP contribution >= 0.6 is 0 Å². The Morgan fingerprint density at radius 1 is 1.32 bits per heavy atom. The molecule has 5 nitrogen and oxygen atoms in total. The van der Waals surface area contributed by atoms with Gasteiger partial charge in [-0.2, -0.15) is 0 Å². The maximum Gasteiger partial charge on any atom is 0.223 e. The number of carbonyl (C=O) groups excluding carboxylic acids is 2. The van der Waals surface area contributed by atoms with E-state index in [9.17, 15) is 9.59 Å². The van der Waals surface area contributed by atoms with Crippen molar-refractivity contribution in [2.45, 2.75) is 20.3 Å². The average molecular weight is 298 g/mol. The quantitative estimate of drug-likeness (QED) is 0.867. The number of H-pyrrole nitrogens is 1. The standard InChI is InChI=1S/C17H18N2O3/c1-9-17-12(5-6-19(9)11(3)21)14-8-16(22-4)13(10(2)20)7-15(14)18-17/h7-8,18H,1,5-6H2,2-4H3. The van der Waals surface area contributed by atoms with Crippen LogP contribution < -0.4 is 4.74 Å². The van der Waals surface area contributed by atoms with E-state index in [-0.39, 0.29) is 11.7 Å². The van der Waals surface area contributed by atoms with Crippen molar-refractivity contribution >= 4 is 28.3 Å². The lowest BCUT2D eigenvalue weighted by molar-refractivity contribution is -0.125. The summed E-state index contributed by atoms with van der Waals surface area (Å²) in [5.41, 5.74) is 4.06. The first-order valence-corrected chi connectivity index (χ1v) is 7.15. The monoisotopic (exact) mass is 298 g/mol. The highest BCUT2D eigenvalue weighted by atomic mass is 16.5. The van der Waals surface area contributed by atoms with Crippen LogP contribution in [0.4, 0.5) is 0 Å². The van der Waals surface area contributed by atoms with Crippen molar-refractivity contribution in [1.82, 2.24) is 9.88 Å². The number of carbonyl (C=O) groups is 2. The van der Waals surface area contributed by atoms with Crippen LogP contribution in [0.25, 0.3) is 16.6 Å². The van der Waals surface area contributed by atoms with Crippen molar-refractivity contribution < 1.29 is 14.3 Å². The predicted octanol–water partition coefficient (Wildman–Crippen LogP) is 2.75. The Morgan fingerprint density at radius 2 is 2.05 bits per heavy atom. The number of nitrogens with one attached hydrogen (secondary N) is 1. The second-order valence-electron chi connectivity index (χ2n) is 5.50. The Labute approximate surface area is 128 Å². The van der Waals surface area contributed by atoms with Gasteiger partial charge in [0.25, 0.3) is 0 Å². The SMILES string of the molecule is C=C1c2[nH]c3cc(C(C)=O)c(OC)cc3c2CCN1C(C)=O. The fourth-order valence-corrected chi connectivity index (χ4v) is 3.07. The van der Waals surface area contributed by atoms with Gasteiger partial charge in [0.2, 0.25) is 5.91 Å². The van der Waals surface area contributed by atoms with Crippen molar-refractivity contribution in [3.8, 4) is 5.75 Å². The molecule has 0 fully saturated rings. The summed E-state index contributed by atoms with van der Waals surface area (Å²) in [7, 11) is 1.56. The minimum absolute atomic E-state index is 0.0173. The molecule has 3 rings (SSSR count). The number of methoxy groups -OCH3 is 1. The first-order chi connectivity index (χ1) is 10.4. The summed E-state index contributed by atoms with van der Waals surface area (Å²) in [5, 5.41) is 1.02. The van der Waals surface area contributed by atoms with E-state index in [1.165, 1.54) is 13.8 Å². The summed E-state index contributed by atoms with van der Waals surface area (Å²) in [5.74, 6) is 0.508. The molecule has 22 heavy (non-hydrogen) atoms. The molecular weight excluding hydrogens is 280 g/mol. The number of hydrogen-bond acceptors (Lipinski definition) is 3. The lowest BCUT2D eigenvalue weighted by atomic mass is 9.99. The van der Waals surface area contributed by atoms with Crippen LogP contribution in [0.15, 0.2) is 18.7 Å². The largest absolute Gasteiger partial charge is 0.496 e. The molecule has 0 aliphatic carbocycles. The third-order valence-electron chi connectivity index (χ3n) is 4.19. The molecule has 0 unspecified atom stereocenters. The Hall–Kier alpha value is -2.56. The second kappa shape index (κ2) is 5.02. The van der Waals surface area contributed by atoms with Gasteiger partial charge in [0, 0.05) is 24.4 Å². The van der Waals surface area contributed by atoms with Crippen molar-refractivity contribution in [3.63, 3.8) is 0 Å². The third-order valence-corrected chi connectivity index (χ3v) is 4.19. The van der Waals surface area contributed by atoms with Gasteiger partial charge in [-0.3, -0.25) is 9.59 Å². The van der Waals surface area contributed by atoms with Gasteiger partial charge in [0.15, 0.2) is 5.78 Å². The summed E-state index contributed by atoms with van der Waals surface area (Å²) in [4.78, 5) is 28.4. The lowest BCUT2D eigenvalue weighted by Gasteiger charge is -2.28. The number of ketones is 1. The molecule has 0 radical (unpaired) electrons. The van der Waals surface area contributed by atoms with Crippen LogP contribution in [0.1, 0.15) is 35.5 Å². The number of aromatic amines is 1. The van der Waals surface area contributed by atoms with Crippen molar-refractivity contribution in [1.29, 1.82) is 0 Å². The van der Waals surface area contributed by atoms with E-state index in [0.29, 0.717) is 23.6 Å². The van der Waals surface area contributed by atoms with E-state index in [2.05, 4.69) is 11.6 Å². The molecule has 0 saturated heterocycles. The molecule has 2 heterocycles. The van der Waals surface area contributed by atoms with Crippen molar-refractivity contribution in [3.05, 3.63) is 35.5 Å². The number of amides is 1. The number of ether oxygens (including phenoxy) is 1. The number of aromatic nitrogens is 1. The van der Waals surface area contributed by atoms with Crippen LogP contribution in [0.3, 0.4) is 0 Å². The van der Waals surface area contributed by atoms with Gasteiger partial charge in [-0.1, -0.05) is 6.58 Å². The van der Waals surface area contributed by atoms with E-state index in [1.54, 1.807) is 18.1 Å². The van der Waals surface area contributed by atoms with Gasteiger partial charge in [0.05, 0.1) is 24.1 Å². The normalized spacial score (nSPS) is 14.1. The van der Waals surface area contributed by atoms with E-state index in [0.717, 1.165) is 28.6 Å². The molecule has 1 aromatic heterocycles. The number of nitrogens with zero attached hydrogens (tertiary/aromatic N) is 1. The molecule has 0 atom stereocenters. The number of benzene rings is 1. The summed E-state index contributed by atoms with van der Waals surface area (Å²) < 4.78 is 5.34. The number of hydrogen-bond donors (Lipinski definition) is 1. The highest BCUT2D eigenvalue weighted by Gasteiger charge is 2.26. The molecule has 1 amide bonds. The molecule has 5 heteroatoms. The molecular formula is C17H18N2O3. The van der Waals surface area contributed by atoms with Crippen molar-refractivity contribution in [2.75, 3.05) is 13.7 Å². The van der Waals surface area contributed by atoms with Gasteiger partial charge >= 0.3 is 0 Å². The predicted molar refractivity (Wildman–Crippen MR) is 85.0 cm³/mol. The summed E-state index contributed by atoms with van der Waals surface area (Å²) in [6.07, 6.45) is 0.747. The molecule has 0 bridgehead atoms. The van der Waals surface area contributed by atoms with E-state index in [1.807, 2.05) is 6.07 Å². The molecule has 2 aromatic rings. The lowest BCUT2D eigenvalue weighted by Crippen LogP contribution is -2.32. The molecule has 0 spiro atoms. The smallest absolute Gasteiger partial charge is 0.223 e. The Kier molecular flexibility index (Phi) is 3.28. The third kappa shape index (κ3) is 2.01. The molecule has 1 aromatic carbocycles. The minimum atomic E-state index is -0.0458. The fourth-order valence-electron chi connectivity index (χ4n) is 3.07. The van der Waals surface area contributed by atoms with Crippen LogP contribution in [-0.2, 0) is 11.2 Å². The molecule has 1 aliphatic heterocycles.